The van der Waals surface area contributed by atoms with Crippen LogP contribution < -0.4 is 5.32 Å². The van der Waals surface area contributed by atoms with Gasteiger partial charge in [0, 0.05) is 22.8 Å². The van der Waals surface area contributed by atoms with Crippen molar-refractivity contribution < 1.29 is 9.72 Å². The molecule has 21 heavy (non-hydrogen) atoms. The van der Waals surface area contributed by atoms with Gasteiger partial charge >= 0.3 is 0 Å². The molecule has 0 radical (unpaired) electrons. The van der Waals surface area contributed by atoms with Gasteiger partial charge in [0.05, 0.1) is 20.5 Å². The molecule has 0 saturated heterocycles. The van der Waals surface area contributed by atoms with E-state index < -0.39 is 10.8 Å². The second-order valence-electron chi connectivity index (χ2n) is 4.01. The van der Waals surface area contributed by atoms with Crippen LogP contribution in [0.1, 0.15) is 10.4 Å². The summed E-state index contributed by atoms with van der Waals surface area (Å²) >= 11 is 17.5. The molecule has 0 atom stereocenters. The lowest BCUT2D eigenvalue weighted by molar-refractivity contribution is -0.384. The van der Waals surface area contributed by atoms with E-state index in [0.29, 0.717) is 10.7 Å². The molecule has 0 saturated carbocycles. The maximum Gasteiger partial charge on any atom is 0.271 e. The molecule has 0 bridgehead atoms. The fraction of sp³-hybridized carbons (Fsp3) is 0. The molecule has 2 aromatic carbocycles. The molecule has 0 unspecified atom stereocenters. The standard InChI is InChI=1S/C13H7Cl3N2O3/c14-7-1-3-8(4-2-7)17-13(19)10-5-9(18(20)21)6-11(15)12(10)16/h1-6H,(H,17,19). The molecule has 1 amide bonds. The first-order valence-electron chi connectivity index (χ1n) is 5.59. The van der Waals surface area contributed by atoms with E-state index in [1.807, 2.05) is 0 Å². The summed E-state index contributed by atoms with van der Waals surface area (Å²) in [5.74, 6) is -0.604. The van der Waals surface area contributed by atoms with Crippen LogP contribution in [0.4, 0.5) is 11.4 Å². The molecule has 1 N–H and O–H groups in total. The molecule has 0 aliphatic carbocycles. The Balaban J connectivity index is 2.34. The van der Waals surface area contributed by atoms with Gasteiger partial charge in [0.2, 0.25) is 0 Å². The molecule has 0 aliphatic heterocycles. The van der Waals surface area contributed by atoms with Gasteiger partial charge in [0.1, 0.15) is 0 Å². The number of carbonyl (C=O) groups is 1. The Morgan fingerprint density at radius 2 is 1.71 bits per heavy atom. The summed E-state index contributed by atoms with van der Waals surface area (Å²) in [7, 11) is 0. The van der Waals surface area contributed by atoms with Crippen LogP contribution in [0, 0.1) is 10.1 Å². The minimum Gasteiger partial charge on any atom is -0.322 e. The molecule has 0 aliphatic rings. The lowest BCUT2D eigenvalue weighted by Crippen LogP contribution is -2.13. The number of carbonyl (C=O) groups excluding carboxylic acids is 1. The molecule has 2 aromatic rings. The van der Waals surface area contributed by atoms with Gasteiger partial charge < -0.3 is 5.32 Å². The Labute approximate surface area is 134 Å². The SMILES string of the molecule is O=C(Nc1ccc(Cl)cc1)c1cc([N+](=O)[O-])cc(Cl)c1Cl. The Morgan fingerprint density at radius 3 is 2.29 bits per heavy atom. The zero-order valence-corrected chi connectivity index (χ0v) is 12.5. The van der Waals surface area contributed by atoms with Crippen LogP contribution in [0.15, 0.2) is 36.4 Å². The van der Waals surface area contributed by atoms with Crippen LogP contribution in [0.3, 0.4) is 0 Å². The summed E-state index contributed by atoms with van der Waals surface area (Å²) in [6.45, 7) is 0. The van der Waals surface area contributed by atoms with E-state index in [1.165, 1.54) is 0 Å². The summed E-state index contributed by atoms with van der Waals surface area (Å²) < 4.78 is 0. The number of nitrogens with one attached hydrogen (secondary N) is 1. The highest BCUT2D eigenvalue weighted by Gasteiger charge is 2.19. The van der Waals surface area contributed by atoms with Crippen LogP contribution in [-0.2, 0) is 0 Å². The molecule has 0 fully saturated rings. The van der Waals surface area contributed by atoms with Crippen molar-refractivity contribution in [3.63, 3.8) is 0 Å². The van der Waals surface area contributed by atoms with Gasteiger partial charge in [-0.1, -0.05) is 34.8 Å². The number of nitrogens with zero attached hydrogens (tertiary/aromatic N) is 1. The monoisotopic (exact) mass is 344 g/mol. The van der Waals surface area contributed by atoms with E-state index >= 15 is 0 Å². The van der Waals surface area contributed by atoms with Gasteiger partial charge in [-0.25, -0.2) is 0 Å². The minimum atomic E-state index is -0.652. The normalized spacial score (nSPS) is 10.2. The van der Waals surface area contributed by atoms with Crippen molar-refractivity contribution in [1.29, 1.82) is 0 Å². The number of nitro groups is 1. The number of halogens is 3. The number of hydrogen-bond donors (Lipinski definition) is 1. The van der Waals surface area contributed by atoms with Gasteiger partial charge in [0.15, 0.2) is 0 Å². The van der Waals surface area contributed by atoms with Gasteiger partial charge in [-0.3, -0.25) is 14.9 Å². The van der Waals surface area contributed by atoms with E-state index in [4.69, 9.17) is 34.8 Å². The highest BCUT2D eigenvalue weighted by Crippen LogP contribution is 2.31. The maximum absolute atomic E-state index is 12.1. The van der Waals surface area contributed by atoms with Crippen molar-refractivity contribution in [2.45, 2.75) is 0 Å². The predicted octanol–water partition coefficient (Wildman–Crippen LogP) is 4.81. The lowest BCUT2D eigenvalue weighted by Gasteiger charge is -2.08. The first kappa shape index (κ1) is 15.6. The summed E-state index contributed by atoms with van der Waals surface area (Å²) in [4.78, 5) is 22.3. The van der Waals surface area contributed by atoms with Crippen LogP contribution in [0.2, 0.25) is 15.1 Å². The molecule has 8 heteroatoms. The number of non-ortho nitro benzene ring substituents is 1. The second kappa shape index (κ2) is 6.30. The van der Waals surface area contributed by atoms with Crippen molar-refractivity contribution in [1.82, 2.24) is 0 Å². The Hall–Kier alpha value is -1.82. The van der Waals surface area contributed by atoms with Crippen LogP contribution in [0.25, 0.3) is 0 Å². The number of benzene rings is 2. The number of nitro benzene ring substituents is 1. The zero-order chi connectivity index (χ0) is 15.6. The van der Waals surface area contributed by atoms with Gasteiger partial charge in [0.25, 0.3) is 11.6 Å². The second-order valence-corrected chi connectivity index (χ2v) is 5.23. The first-order chi connectivity index (χ1) is 9.88. The quantitative estimate of drug-likeness (QED) is 0.641. The molecule has 0 heterocycles. The zero-order valence-electron chi connectivity index (χ0n) is 10.3. The van der Waals surface area contributed by atoms with E-state index in [-0.39, 0.29) is 21.3 Å². The highest BCUT2D eigenvalue weighted by molar-refractivity contribution is 6.44. The topological polar surface area (TPSA) is 72.2 Å². The lowest BCUT2D eigenvalue weighted by atomic mass is 10.1. The fourth-order valence-electron chi connectivity index (χ4n) is 1.58. The van der Waals surface area contributed by atoms with Crippen molar-refractivity contribution in [3.05, 3.63) is 67.1 Å². The third-order valence-electron chi connectivity index (χ3n) is 2.57. The average molecular weight is 346 g/mol. The number of amides is 1. The summed E-state index contributed by atoms with van der Waals surface area (Å²) in [5, 5.41) is 13.8. The van der Waals surface area contributed by atoms with Crippen molar-refractivity contribution >= 4 is 52.1 Å². The number of anilines is 1. The summed E-state index contributed by atoms with van der Waals surface area (Å²) in [6, 6.07) is 8.53. The van der Waals surface area contributed by atoms with Crippen LogP contribution in [-0.4, -0.2) is 10.8 Å². The van der Waals surface area contributed by atoms with Gasteiger partial charge in [-0.15, -0.1) is 0 Å². The molecule has 108 valence electrons. The smallest absolute Gasteiger partial charge is 0.271 e. The van der Waals surface area contributed by atoms with Crippen molar-refractivity contribution in [3.8, 4) is 0 Å². The minimum absolute atomic E-state index is 0.0475. The van der Waals surface area contributed by atoms with Crippen molar-refractivity contribution in [2.75, 3.05) is 5.32 Å². The van der Waals surface area contributed by atoms with Gasteiger partial charge in [-0.05, 0) is 24.3 Å². The summed E-state index contributed by atoms with van der Waals surface area (Å²) in [5.41, 5.74) is 0.0829. The maximum atomic E-state index is 12.1. The Morgan fingerprint density at radius 1 is 1.10 bits per heavy atom. The Bertz CT molecular complexity index is 717. The molecule has 0 aromatic heterocycles. The van der Waals surface area contributed by atoms with E-state index in [2.05, 4.69) is 5.32 Å². The summed E-state index contributed by atoms with van der Waals surface area (Å²) in [6.07, 6.45) is 0. The largest absolute Gasteiger partial charge is 0.322 e. The van der Waals surface area contributed by atoms with E-state index in [9.17, 15) is 14.9 Å². The molecule has 2 rings (SSSR count). The third-order valence-corrected chi connectivity index (χ3v) is 3.62. The van der Waals surface area contributed by atoms with Crippen molar-refractivity contribution in [2.24, 2.45) is 0 Å². The predicted molar refractivity (Wildman–Crippen MR) is 82.5 cm³/mol. The van der Waals surface area contributed by atoms with Crippen LogP contribution >= 0.6 is 34.8 Å². The first-order valence-corrected chi connectivity index (χ1v) is 6.72. The van der Waals surface area contributed by atoms with Crippen LogP contribution in [0.5, 0.6) is 0 Å². The third kappa shape index (κ3) is 3.64. The number of hydrogen-bond acceptors (Lipinski definition) is 3. The molecule has 0 spiro atoms. The van der Waals surface area contributed by atoms with E-state index in [0.717, 1.165) is 12.1 Å². The fourth-order valence-corrected chi connectivity index (χ4v) is 2.11. The molecular weight excluding hydrogens is 339 g/mol. The average Bonchev–Trinajstić information content (AvgIpc) is 2.43. The van der Waals surface area contributed by atoms with E-state index in [1.54, 1.807) is 24.3 Å². The Kier molecular flexibility index (Phi) is 4.67. The molecular formula is C13H7Cl3N2O3. The molecule has 5 nitrogen and oxygen atoms in total. The highest BCUT2D eigenvalue weighted by atomic mass is 35.5. The van der Waals surface area contributed by atoms with Gasteiger partial charge in [-0.2, -0.15) is 0 Å². The number of rotatable bonds is 3.